The molecule has 0 spiro atoms. The molecule has 1 fully saturated rings. The lowest BCUT2D eigenvalue weighted by atomic mass is 10.1. The van der Waals surface area contributed by atoms with Gasteiger partial charge in [0.2, 0.25) is 6.79 Å². The molecule has 0 aliphatic carbocycles. The zero-order chi connectivity index (χ0) is 17.1. The number of aliphatic hydroxyl groups is 1. The Balaban J connectivity index is 1.27. The van der Waals surface area contributed by atoms with Crippen LogP contribution in [0.3, 0.4) is 0 Å². The zero-order valence-electron chi connectivity index (χ0n) is 14.3. The Morgan fingerprint density at radius 2 is 1.60 bits per heavy atom. The number of hydrogen-bond acceptors (Lipinski definition) is 5. The van der Waals surface area contributed by atoms with Crippen molar-refractivity contribution in [3.8, 4) is 11.5 Å². The molecule has 0 bridgehead atoms. The largest absolute Gasteiger partial charge is 0.454 e. The summed E-state index contributed by atoms with van der Waals surface area (Å²) in [6, 6.07) is 16.1. The number of rotatable bonds is 5. The van der Waals surface area contributed by atoms with Crippen LogP contribution in [0.15, 0.2) is 48.5 Å². The van der Waals surface area contributed by atoms with Gasteiger partial charge in [0.05, 0.1) is 6.10 Å². The lowest BCUT2D eigenvalue weighted by Gasteiger charge is -2.35. The quantitative estimate of drug-likeness (QED) is 0.905. The van der Waals surface area contributed by atoms with Crippen LogP contribution in [0, 0.1) is 0 Å². The van der Waals surface area contributed by atoms with Crippen LogP contribution in [0.4, 0.5) is 0 Å². The van der Waals surface area contributed by atoms with E-state index < -0.39 is 6.10 Å². The third-order valence-corrected chi connectivity index (χ3v) is 4.92. The van der Waals surface area contributed by atoms with E-state index in [9.17, 15) is 5.11 Å². The number of hydrogen-bond donors (Lipinski definition) is 1. The van der Waals surface area contributed by atoms with Crippen molar-refractivity contribution < 1.29 is 14.6 Å². The highest BCUT2D eigenvalue weighted by Crippen LogP contribution is 2.32. The van der Waals surface area contributed by atoms with Gasteiger partial charge in [-0.3, -0.25) is 9.80 Å². The molecule has 5 heteroatoms. The summed E-state index contributed by atoms with van der Waals surface area (Å²) in [6.45, 7) is 5.92. The maximum atomic E-state index is 10.4. The molecule has 5 nitrogen and oxygen atoms in total. The molecule has 2 heterocycles. The van der Waals surface area contributed by atoms with Crippen LogP contribution in [0.2, 0.25) is 0 Å². The van der Waals surface area contributed by atoms with Gasteiger partial charge in [-0.2, -0.15) is 0 Å². The van der Waals surface area contributed by atoms with Crippen molar-refractivity contribution in [2.75, 3.05) is 39.5 Å². The number of benzene rings is 2. The summed E-state index contributed by atoms with van der Waals surface area (Å²) < 4.78 is 10.8. The first-order chi connectivity index (χ1) is 12.3. The third kappa shape index (κ3) is 3.95. The van der Waals surface area contributed by atoms with E-state index in [4.69, 9.17) is 9.47 Å². The normalized spacial score (nSPS) is 19.1. The molecule has 2 aromatic rings. The fourth-order valence-electron chi connectivity index (χ4n) is 3.45. The average molecular weight is 340 g/mol. The second-order valence-corrected chi connectivity index (χ2v) is 6.69. The molecule has 25 heavy (non-hydrogen) atoms. The molecule has 0 aromatic heterocycles. The summed E-state index contributed by atoms with van der Waals surface area (Å²) in [5.41, 5.74) is 2.24. The van der Waals surface area contributed by atoms with E-state index in [0.717, 1.165) is 49.8 Å². The molecule has 0 radical (unpaired) electrons. The third-order valence-electron chi connectivity index (χ3n) is 4.92. The summed E-state index contributed by atoms with van der Waals surface area (Å²) in [4.78, 5) is 4.79. The molecule has 2 aliphatic heterocycles. The number of fused-ring (bicyclic) bond motifs is 1. The molecule has 2 aromatic carbocycles. The zero-order valence-corrected chi connectivity index (χ0v) is 14.3. The molecule has 0 amide bonds. The van der Waals surface area contributed by atoms with E-state index in [0.29, 0.717) is 13.3 Å². The van der Waals surface area contributed by atoms with Crippen LogP contribution in [0.5, 0.6) is 11.5 Å². The van der Waals surface area contributed by atoms with E-state index in [1.165, 1.54) is 5.56 Å². The number of β-amino-alcohol motifs (C(OH)–C–C–N with tert-alkyl or cyclic N) is 1. The SMILES string of the molecule is O[C@H](CN1CCN(Cc2ccc3c(c2)OCO3)CC1)c1ccccc1. The fraction of sp³-hybridized carbons (Fsp3) is 0.400. The topological polar surface area (TPSA) is 45.2 Å². The van der Waals surface area contributed by atoms with Crippen molar-refractivity contribution in [1.82, 2.24) is 9.80 Å². The Labute approximate surface area is 148 Å². The predicted octanol–water partition coefficient (Wildman–Crippen LogP) is 2.27. The van der Waals surface area contributed by atoms with Gasteiger partial charge in [-0.15, -0.1) is 0 Å². The Bertz CT molecular complexity index is 699. The van der Waals surface area contributed by atoms with Crippen LogP contribution >= 0.6 is 0 Å². The molecule has 132 valence electrons. The second kappa shape index (κ2) is 7.44. The minimum atomic E-state index is -0.415. The Kier molecular flexibility index (Phi) is 4.88. The maximum absolute atomic E-state index is 10.4. The second-order valence-electron chi connectivity index (χ2n) is 6.69. The minimum Gasteiger partial charge on any atom is -0.454 e. The lowest BCUT2D eigenvalue weighted by Crippen LogP contribution is -2.47. The van der Waals surface area contributed by atoms with Crippen LogP contribution in [-0.4, -0.2) is 54.4 Å². The first kappa shape index (κ1) is 16.4. The van der Waals surface area contributed by atoms with Crippen molar-refractivity contribution in [2.24, 2.45) is 0 Å². The van der Waals surface area contributed by atoms with Crippen LogP contribution < -0.4 is 9.47 Å². The Morgan fingerprint density at radius 3 is 2.40 bits per heavy atom. The van der Waals surface area contributed by atoms with Crippen LogP contribution in [0.1, 0.15) is 17.2 Å². The van der Waals surface area contributed by atoms with Gasteiger partial charge in [0.1, 0.15) is 0 Å². The molecular formula is C20H24N2O3. The van der Waals surface area contributed by atoms with Crippen LogP contribution in [-0.2, 0) is 6.54 Å². The van der Waals surface area contributed by atoms with Gasteiger partial charge in [-0.1, -0.05) is 36.4 Å². The molecule has 1 N–H and O–H groups in total. The first-order valence-corrected chi connectivity index (χ1v) is 8.84. The molecule has 1 atom stereocenters. The first-order valence-electron chi connectivity index (χ1n) is 8.84. The molecular weight excluding hydrogens is 316 g/mol. The van der Waals surface area contributed by atoms with Crippen molar-refractivity contribution in [3.63, 3.8) is 0 Å². The molecule has 4 rings (SSSR count). The number of nitrogens with zero attached hydrogens (tertiary/aromatic N) is 2. The van der Waals surface area contributed by atoms with E-state index in [2.05, 4.69) is 21.9 Å². The number of ether oxygens (including phenoxy) is 2. The van der Waals surface area contributed by atoms with Crippen molar-refractivity contribution in [2.45, 2.75) is 12.6 Å². The number of aliphatic hydroxyl groups excluding tert-OH is 1. The average Bonchev–Trinajstić information content (AvgIpc) is 3.12. The fourth-order valence-corrected chi connectivity index (χ4v) is 3.45. The highest BCUT2D eigenvalue weighted by atomic mass is 16.7. The van der Waals surface area contributed by atoms with Gasteiger partial charge >= 0.3 is 0 Å². The van der Waals surface area contributed by atoms with Gasteiger partial charge in [-0.05, 0) is 23.3 Å². The molecule has 1 saturated heterocycles. The van der Waals surface area contributed by atoms with Crippen molar-refractivity contribution in [3.05, 3.63) is 59.7 Å². The van der Waals surface area contributed by atoms with Gasteiger partial charge in [0.25, 0.3) is 0 Å². The molecule has 0 unspecified atom stereocenters. The van der Waals surface area contributed by atoms with Gasteiger partial charge in [0, 0.05) is 39.3 Å². The summed E-state index contributed by atoms with van der Waals surface area (Å²) in [7, 11) is 0. The van der Waals surface area contributed by atoms with Gasteiger partial charge < -0.3 is 14.6 Å². The maximum Gasteiger partial charge on any atom is 0.231 e. The summed E-state index contributed by atoms with van der Waals surface area (Å²) >= 11 is 0. The Morgan fingerprint density at radius 1 is 0.880 bits per heavy atom. The van der Waals surface area contributed by atoms with E-state index in [1.54, 1.807) is 0 Å². The van der Waals surface area contributed by atoms with E-state index >= 15 is 0 Å². The van der Waals surface area contributed by atoms with E-state index in [1.807, 2.05) is 36.4 Å². The predicted molar refractivity (Wildman–Crippen MR) is 95.7 cm³/mol. The van der Waals surface area contributed by atoms with E-state index in [-0.39, 0.29) is 0 Å². The standard InChI is InChI=1S/C20H24N2O3/c23-18(17-4-2-1-3-5-17)14-22-10-8-21(9-11-22)13-16-6-7-19-20(12-16)25-15-24-19/h1-7,12,18,23H,8-11,13-15H2/t18-/m1/s1. The molecule has 2 aliphatic rings. The Hall–Kier alpha value is -2.08. The minimum absolute atomic E-state index is 0.321. The monoisotopic (exact) mass is 340 g/mol. The number of piperazine rings is 1. The molecule has 0 saturated carbocycles. The summed E-state index contributed by atoms with van der Waals surface area (Å²) in [5, 5.41) is 10.4. The van der Waals surface area contributed by atoms with Gasteiger partial charge in [0.15, 0.2) is 11.5 Å². The summed E-state index contributed by atoms with van der Waals surface area (Å²) in [5.74, 6) is 1.69. The van der Waals surface area contributed by atoms with Crippen LogP contribution in [0.25, 0.3) is 0 Å². The lowest BCUT2D eigenvalue weighted by molar-refractivity contribution is 0.0701. The summed E-state index contributed by atoms with van der Waals surface area (Å²) in [6.07, 6.45) is -0.415. The smallest absolute Gasteiger partial charge is 0.231 e. The highest BCUT2D eigenvalue weighted by Gasteiger charge is 2.21. The van der Waals surface area contributed by atoms with Crippen molar-refractivity contribution >= 4 is 0 Å². The van der Waals surface area contributed by atoms with Crippen molar-refractivity contribution in [1.29, 1.82) is 0 Å². The highest BCUT2D eigenvalue weighted by molar-refractivity contribution is 5.44. The van der Waals surface area contributed by atoms with Gasteiger partial charge in [-0.25, -0.2) is 0 Å².